The second-order valence-electron chi connectivity index (χ2n) is 7.66. The lowest BCUT2D eigenvalue weighted by Gasteiger charge is -2.20. The molecule has 2 aromatic rings. The fourth-order valence-corrected chi connectivity index (χ4v) is 4.66. The van der Waals surface area contributed by atoms with Crippen molar-refractivity contribution in [2.24, 2.45) is 0 Å². The highest BCUT2D eigenvalue weighted by atomic mass is 28.3. The first-order valence-corrected chi connectivity index (χ1v) is 10.5. The van der Waals surface area contributed by atoms with Gasteiger partial charge in [0.15, 0.2) is 0 Å². The Morgan fingerprint density at radius 1 is 1.04 bits per heavy atom. The third kappa shape index (κ3) is 4.61. The van der Waals surface area contributed by atoms with E-state index in [4.69, 9.17) is 9.46 Å². The van der Waals surface area contributed by atoms with E-state index in [-0.39, 0.29) is 17.4 Å². The van der Waals surface area contributed by atoms with E-state index < -0.39 is 9.04 Å². The van der Waals surface area contributed by atoms with Crippen molar-refractivity contribution in [1.82, 2.24) is 5.32 Å². The second-order valence-corrected chi connectivity index (χ2v) is 9.64. The summed E-state index contributed by atoms with van der Waals surface area (Å²) >= 11 is 0. The summed E-state index contributed by atoms with van der Waals surface area (Å²) in [4.78, 5) is 17.4. The van der Waals surface area contributed by atoms with Gasteiger partial charge in [-0.15, -0.1) is 0 Å². The molecule has 26 heavy (non-hydrogen) atoms. The molecule has 1 saturated heterocycles. The summed E-state index contributed by atoms with van der Waals surface area (Å²) in [5, 5.41) is 5.25. The van der Waals surface area contributed by atoms with Gasteiger partial charge in [-0.05, 0) is 40.7 Å². The Hall–Kier alpha value is -1.95. The van der Waals surface area contributed by atoms with E-state index in [9.17, 15) is 4.79 Å². The first-order valence-electron chi connectivity index (χ1n) is 9.10. The van der Waals surface area contributed by atoms with E-state index in [1.54, 1.807) is 0 Å². The van der Waals surface area contributed by atoms with Gasteiger partial charge in [-0.25, -0.2) is 9.37 Å². The Morgan fingerprint density at radius 2 is 1.69 bits per heavy atom. The number of carbonyl (C=O) groups excluding carboxylic acids is 1. The standard InChI is InChI=1S/C21H26NO3Si/c1-21(2,3)16-11-13-18(14-12-16)26(17-8-5-4-6-9-17)25-24-20(23)19-10-7-15-22-19/h4-6,8-9,11-14,19,22H,7,10,15H2,1-3H3. The van der Waals surface area contributed by atoms with E-state index >= 15 is 0 Å². The number of rotatable bonds is 5. The minimum absolute atomic E-state index is 0.0969. The second kappa shape index (κ2) is 8.16. The molecule has 1 unspecified atom stereocenters. The maximum absolute atomic E-state index is 12.2. The minimum Gasteiger partial charge on any atom is -0.308 e. The first-order chi connectivity index (χ1) is 12.4. The van der Waals surface area contributed by atoms with Crippen molar-refractivity contribution in [3.05, 3.63) is 60.2 Å². The van der Waals surface area contributed by atoms with Crippen LogP contribution in [0.5, 0.6) is 0 Å². The van der Waals surface area contributed by atoms with Gasteiger partial charge in [0.05, 0.1) is 0 Å². The Bertz CT molecular complexity index is 719. The summed E-state index contributed by atoms with van der Waals surface area (Å²) in [6, 6.07) is 18.2. The Morgan fingerprint density at radius 3 is 2.27 bits per heavy atom. The van der Waals surface area contributed by atoms with Crippen molar-refractivity contribution in [1.29, 1.82) is 0 Å². The van der Waals surface area contributed by atoms with Crippen molar-refractivity contribution in [3.63, 3.8) is 0 Å². The van der Waals surface area contributed by atoms with Crippen LogP contribution in [0.4, 0.5) is 0 Å². The van der Waals surface area contributed by atoms with Crippen molar-refractivity contribution >= 4 is 25.4 Å². The largest absolute Gasteiger partial charge is 0.357 e. The third-order valence-corrected chi connectivity index (χ3v) is 6.57. The molecule has 4 nitrogen and oxygen atoms in total. The fraction of sp³-hybridized carbons (Fsp3) is 0.381. The van der Waals surface area contributed by atoms with E-state index in [2.05, 4.69) is 50.4 Å². The van der Waals surface area contributed by atoms with Crippen LogP contribution in [0.25, 0.3) is 0 Å². The van der Waals surface area contributed by atoms with Gasteiger partial charge in [-0.3, -0.25) is 0 Å². The summed E-state index contributed by atoms with van der Waals surface area (Å²) < 4.78 is 5.73. The zero-order chi connectivity index (χ0) is 18.6. The predicted molar refractivity (Wildman–Crippen MR) is 105 cm³/mol. The minimum atomic E-state index is -1.66. The van der Waals surface area contributed by atoms with Crippen LogP contribution in [0.15, 0.2) is 54.6 Å². The van der Waals surface area contributed by atoms with Crippen LogP contribution < -0.4 is 15.7 Å². The molecule has 137 valence electrons. The molecule has 0 bridgehead atoms. The van der Waals surface area contributed by atoms with Crippen molar-refractivity contribution in [2.45, 2.75) is 45.1 Å². The van der Waals surface area contributed by atoms with Gasteiger partial charge in [-0.2, -0.15) is 0 Å². The lowest BCUT2D eigenvalue weighted by molar-refractivity contribution is -0.217. The Kier molecular flexibility index (Phi) is 5.91. The zero-order valence-electron chi connectivity index (χ0n) is 15.6. The molecule has 1 atom stereocenters. The highest BCUT2D eigenvalue weighted by Gasteiger charge is 2.28. The van der Waals surface area contributed by atoms with Crippen molar-refractivity contribution in [2.75, 3.05) is 6.54 Å². The molecular weight excluding hydrogens is 342 g/mol. The molecule has 1 fully saturated rings. The van der Waals surface area contributed by atoms with Gasteiger partial charge in [-0.1, -0.05) is 75.4 Å². The van der Waals surface area contributed by atoms with E-state index in [1.807, 2.05) is 30.3 Å². The van der Waals surface area contributed by atoms with Crippen LogP contribution in [0.2, 0.25) is 0 Å². The van der Waals surface area contributed by atoms with E-state index in [0.717, 1.165) is 29.8 Å². The molecular formula is C21H26NO3Si. The maximum Gasteiger partial charge on any atom is 0.357 e. The Labute approximate surface area is 157 Å². The zero-order valence-corrected chi connectivity index (χ0v) is 16.6. The third-order valence-electron chi connectivity index (χ3n) is 4.60. The number of hydrogen-bond donors (Lipinski definition) is 1. The SMILES string of the molecule is CC(C)(C)c1ccc([Si](OOC(=O)C2CCCN2)c2ccccc2)cc1. The van der Waals surface area contributed by atoms with Crippen molar-refractivity contribution < 1.29 is 14.3 Å². The molecule has 0 aliphatic carbocycles. The highest BCUT2D eigenvalue weighted by molar-refractivity contribution is 6.79. The van der Waals surface area contributed by atoms with Gasteiger partial charge >= 0.3 is 15.0 Å². The maximum atomic E-state index is 12.2. The molecule has 5 heteroatoms. The summed E-state index contributed by atoms with van der Waals surface area (Å²) in [7, 11) is -1.66. The van der Waals surface area contributed by atoms with E-state index in [1.165, 1.54) is 5.56 Å². The van der Waals surface area contributed by atoms with E-state index in [0.29, 0.717) is 0 Å². The fourth-order valence-electron chi connectivity index (χ4n) is 3.00. The highest BCUT2D eigenvalue weighted by Crippen LogP contribution is 2.20. The average Bonchev–Trinajstić information content (AvgIpc) is 3.17. The monoisotopic (exact) mass is 368 g/mol. The van der Waals surface area contributed by atoms with Gasteiger partial charge in [0, 0.05) is 0 Å². The van der Waals surface area contributed by atoms with Crippen molar-refractivity contribution in [3.8, 4) is 0 Å². The molecule has 1 aliphatic rings. The molecule has 0 aromatic heterocycles. The molecule has 3 rings (SSSR count). The summed E-state index contributed by atoms with van der Waals surface area (Å²) in [6.07, 6.45) is 1.79. The molecule has 2 aromatic carbocycles. The summed E-state index contributed by atoms with van der Waals surface area (Å²) in [5.41, 5.74) is 1.36. The molecule has 1 aliphatic heterocycles. The summed E-state index contributed by atoms with van der Waals surface area (Å²) in [5.74, 6) is -0.327. The lowest BCUT2D eigenvalue weighted by Crippen LogP contribution is -2.46. The quantitative estimate of drug-likeness (QED) is 0.500. The molecule has 1 N–H and O–H groups in total. The Balaban J connectivity index is 1.78. The van der Waals surface area contributed by atoms with Gasteiger partial charge in [0.2, 0.25) is 0 Å². The lowest BCUT2D eigenvalue weighted by atomic mass is 9.87. The normalized spacial score (nSPS) is 17.5. The van der Waals surface area contributed by atoms with Crippen LogP contribution in [-0.4, -0.2) is 27.6 Å². The predicted octanol–water partition coefficient (Wildman–Crippen LogP) is 2.32. The van der Waals surface area contributed by atoms with Crippen LogP contribution in [-0.2, 0) is 19.7 Å². The number of nitrogens with one attached hydrogen (secondary N) is 1. The first kappa shape index (κ1) is 18.8. The topological polar surface area (TPSA) is 47.6 Å². The molecule has 0 amide bonds. The number of hydrogen-bond acceptors (Lipinski definition) is 4. The van der Waals surface area contributed by atoms with Gasteiger partial charge in [0.25, 0.3) is 0 Å². The molecule has 0 spiro atoms. The van der Waals surface area contributed by atoms with Gasteiger partial charge < -0.3 is 10.2 Å². The molecule has 1 heterocycles. The number of benzene rings is 2. The van der Waals surface area contributed by atoms with Crippen LogP contribution in [0, 0.1) is 0 Å². The average molecular weight is 369 g/mol. The van der Waals surface area contributed by atoms with Gasteiger partial charge in [0.1, 0.15) is 6.04 Å². The molecule has 1 radical (unpaired) electrons. The van der Waals surface area contributed by atoms with Crippen LogP contribution in [0.3, 0.4) is 0 Å². The molecule has 0 saturated carbocycles. The smallest absolute Gasteiger partial charge is 0.308 e. The van der Waals surface area contributed by atoms with Crippen LogP contribution in [0.1, 0.15) is 39.2 Å². The summed E-state index contributed by atoms with van der Waals surface area (Å²) in [6.45, 7) is 7.43. The number of carbonyl (C=O) groups is 1. The van der Waals surface area contributed by atoms with Crippen LogP contribution >= 0.6 is 0 Å².